The van der Waals surface area contributed by atoms with Crippen molar-refractivity contribution in [1.82, 2.24) is 30.1 Å². The topological polar surface area (TPSA) is 109 Å². The number of carbonyl (C=O) groups excluding carboxylic acids is 1. The fraction of sp³-hybridized carbons (Fsp3) is 0.474. The zero-order chi connectivity index (χ0) is 20.9. The molecule has 5 rings (SSSR count). The van der Waals surface area contributed by atoms with Crippen LogP contribution in [0, 0.1) is 0 Å². The molecule has 2 saturated carbocycles. The van der Waals surface area contributed by atoms with Crippen molar-refractivity contribution in [3.63, 3.8) is 0 Å². The van der Waals surface area contributed by atoms with Gasteiger partial charge in [0.05, 0.1) is 12.4 Å². The van der Waals surface area contributed by atoms with Gasteiger partial charge in [0.1, 0.15) is 22.4 Å². The van der Waals surface area contributed by atoms with Crippen LogP contribution in [0.15, 0.2) is 29.1 Å². The Morgan fingerprint density at radius 1 is 1.43 bits per heavy atom. The number of rotatable bonds is 5. The van der Waals surface area contributed by atoms with Crippen molar-refractivity contribution in [1.29, 1.82) is 0 Å². The van der Waals surface area contributed by atoms with Crippen molar-refractivity contribution >= 4 is 39.2 Å². The van der Waals surface area contributed by atoms with E-state index in [1.54, 1.807) is 23.0 Å². The molecule has 3 atom stereocenters. The minimum atomic E-state index is -1.29. The molecule has 158 valence electrons. The summed E-state index contributed by atoms with van der Waals surface area (Å²) in [5.41, 5.74) is 1.25. The van der Waals surface area contributed by atoms with Gasteiger partial charge in [-0.05, 0) is 54.6 Å². The Balaban J connectivity index is 1.25. The maximum absolute atomic E-state index is 15.0. The zero-order valence-corrected chi connectivity index (χ0v) is 17.8. The summed E-state index contributed by atoms with van der Waals surface area (Å²) in [6.07, 6.45) is 3.63. The standard InChI is InChI=1S/C19H21BrFN7O2/c1-19(5-6-19)25-18(29)30-13-3-2-10(16(13)21)11-8-15(27-26-11)24-17-12-4-7-23-28(12)14(20)9-22-17/h4,7-10,13,16H,2-3,5-6H2,1H3,(H,25,29)(H2,22,24,26,27)/t10-,13-,16+/m0/s1. The van der Waals surface area contributed by atoms with Crippen molar-refractivity contribution in [2.75, 3.05) is 5.32 Å². The first-order chi connectivity index (χ1) is 14.4. The first-order valence-electron chi connectivity index (χ1n) is 9.85. The lowest BCUT2D eigenvalue weighted by Gasteiger charge is -2.19. The van der Waals surface area contributed by atoms with Crippen LogP contribution in [0.4, 0.5) is 20.8 Å². The molecule has 0 radical (unpaired) electrons. The lowest BCUT2D eigenvalue weighted by atomic mass is 10.0. The number of fused-ring (bicyclic) bond motifs is 1. The highest BCUT2D eigenvalue weighted by Crippen LogP contribution is 2.39. The average molecular weight is 478 g/mol. The van der Waals surface area contributed by atoms with Crippen molar-refractivity contribution in [2.24, 2.45) is 0 Å². The normalized spacial score (nSPS) is 24.7. The molecule has 0 bridgehead atoms. The number of carbonyl (C=O) groups is 1. The van der Waals surface area contributed by atoms with Gasteiger partial charge in [-0.15, -0.1) is 0 Å². The Bertz CT molecular complexity index is 1100. The smallest absolute Gasteiger partial charge is 0.407 e. The van der Waals surface area contributed by atoms with E-state index >= 15 is 0 Å². The summed E-state index contributed by atoms with van der Waals surface area (Å²) in [6.45, 7) is 1.95. The molecule has 0 aliphatic heterocycles. The quantitative estimate of drug-likeness (QED) is 0.515. The second-order valence-electron chi connectivity index (χ2n) is 8.15. The van der Waals surface area contributed by atoms with Crippen LogP contribution >= 0.6 is 15.9 Å². The van der Waals surface area contributed by atoms with Crippen molar-refractivity contribution in [3.05, 3.63) is 34.8 Å². The molecule has 0 saturated heterocycles. The predicted molar refractivity (Wildman–Crippen MR) is 110 cm³/mol. The number of aromatic amines is 1. The van der Waals surface area contributed by atoms with Crippen molar-refractivity contribution in [2.45, 2.75) is 56.3 Å². The summed E-state index contributed by atoms with van der Waals surface area (Å²) >= 11 is 3.40. The van der Waals surface area contributed by atoms with Crippen LogP contribution in [0.1, 0.15) is 44.2 Å². The lowest BCUT2D eigenvalue weighted by molar-refractivity contribution is 0.0546. The number of hydrogen-bond acceptors (Lipinski definition) is 6. The highest BCUT2D eigenvalue weighted by Gasteiger charge is 2.43. The number of hydrogen-bond donors (Lipinski definition) is 3. The Labute approximate surface area is 179 Å². The molecule has 30 heavy (non-hydrogen) atoms. The SMILES string of the molecule is CC1(NC(=O)O[C@H]2CC[C@@H](c3cc(Nc4ncc(Br)n5nccc45)n[nH]3)[C@H]2F)CC1. The van der Waals surface area contributed by atoms with Crippen LogP contribution in [-0.2, 0) is 4.74 Å². The molecule has 2 aliphatic rings. The highest BCUT2D eigenvalue weighted by atomic mass is 79.9. The molecule has 3 aromatic heterocycles. The van der Waals surface area contributed by atoms with E-state index in [0.29, 0.717) is 30.2 Å². The molecule has 3 N–H and O–H groups in total. The summed E-state index contributed by atoms with van der Waals surface area (Å²) in [7, 11) is 0. The number of H-pyrrole nitrogens is 1. The summed E-state index contributed by atoms with van der Waals surface area (Å²) in [4.78, 5) is 16.4. The van der Waals surface area contributed by atoms with E-state index in [1.165, 1.54) is 0 Å². The van der Waals surface area contributed by atoms with Gasteiger partial charge in [-0.25, -0.2) is 18.7 Å². The molecule has 1 amide bonds. The Morgan fingerprint density at radius 3 is 3.07 bits per heavy atom. The number of anilines is 2. The molecule has 0 unspecified atom stereocenters. The van der Waals surface area contributed by atoms with E-state index in [4.69, 9.17) is 4.74 Å². The van der Waals surface area contributed by atoms with Crippen LogP contribution in [0.5, 0.6) is 0 Å². The predicted octanol–water partition coefficient (Wildman–Crippen LogP) is 3.82. The monoisotopic (exact) mass is 477 g/mol. The Kier molecular flexibility index (Phi) is 4.64. The van der Waals surface area contributed by atoms with Crippen molar-refractivity contribution in [3.8, 4) is 0 Å². The van der Waals surface area contributed by atoms with Gasteiger partial charge in [-0.2, -0.15) is 10.2 Å². The fourth-order valence-corrected chi connectivity index (χ4v) is 4.18. The molecular weight excluding hydrogens is 457 g/mol. The molecule has 9 nitrogen and oxygen atoms in total. The number of alkyl carbamates (subject to hydrolysis) is 1. The average Bonchev–Trinajstić information content (AvgIpc) is 3.14. The van der Waals surface area contributed by atoms with Gasteiger partial charge in [-0.1, -0.05) is 0 Å². The number of alkyl halides is 1. The summed E-state index contributed by atoms with van der Waals surface area (Å²) in [5.74, 6) is 0.706. The number of nitrogens with zero attached hydrogens (tertiary/aromatic N) is 4. The molecule has 3 aromatic rings. The van der Waals surface area contributed by atoms with Gasteiger partial charge in [0.2, 0.25) is 0 Å². The van der Waals surface area contributed by atoms with Gasteiger partial charge in [-0.3, -0.25) is 5.10 Å². The van der Waals surface area contributed by atoms with Gasteiger partial charge >= 0.3 is 6.09 Å². The van der Waals surface area contributed by atoms with Crippen LogP contribution in [0.3, 0.4) is 0 Å². The van der Waals surface area contributed by atoms with Crippen LogP contribution in [0.25, 0.3) is 5.52 Å². The first kappa shape index (κ1) is 19.3. The lowest BCUT2D eigenvalue weighted by Crippen LogP contribution is -2.38. The molecule has 11 heteroatoms. The summed E-state index contributed by atoms with van der Waals surface area (Å²) in [6, 6.07) is 3.60. The van der Waals surface area contributed by atoms with Gasteiger partial charge in [0.15, 0.2) is 11.6 Å². The third-order valence-electron chi connectivity index (χ3n) is 5.80. The minimum Gasteiger partial charge on any atom is -0.443 e. The first-order valence-corrected chi connectivity index (χ1v) is 10.6. The second-order valence-corrected chi connectivity index (χ2v) is 8.96. The second kappa shape index (κ2) is 7.22. The van der Waals surface area contributed by atoms with E-state index < -0.39 is 24.3 Å². The molecule has 2 aliphatic carbocycles. The molecule has 2 fully saturated rings. The Morgan fingerprint density at radius 2 is 2.27 bits per heavy atom. The van der Waals surface area contributed by atoms with Crippen molar-refractivity contribution < 1.29 is 13.9 Å². The maximum atomic E-state index is 15.0. The highest BCUT2D eigenvalue weighted by molar-refractivity contribution is 9.10. The number of nitrogens with one attached hydrogen (secondary N) is 3. The van der Waals surface area contributed by atoms with Gasteiger partial charge in [0.25, 0.3) is 0 Å². The van der Waals surface area contributed by atoms with Crippen LogP contribution < -0.4 is 10.6 Å². The van der Waals surface area contributed by atoms with E-state index in [0.717, 1.165) is 23.0 Å². The number of ether oxygens (including phenoxy) is 1. The molecule has 0 spiro atoms. The van der Waals surface area contributed by atoms with E-state index in [9.17, 15) is 9.18 Å². The molecule has 0 aromatic carbocycles. The van der Waals surface area contributed by atoms with Gasteiger partial charge < -0.3 is 15.4 Å². The number of amides is 1. The minimum absolute atomic E-state index is 0.188. The van der Waals surface area contributed by atoms with Crippen LogP contribution in [0.2, 0.25) is 0 Å². The van der Waals surface area contributed by atoms with Gasteiger partial charge in [0, 0.05) is 23.2 Å². The summed E-state index contributed by atoms with van der Waals surface area (Å²) < 4.78 is 22.8. The third-order valence-corrected chi connectivity index (χ3v) is 6.34. The maximum Gasteiger partial charge on any atom is 0.407 e. The number of aromatic nitrogens is 5. The van der Waals surface area contributed by atoms with E-state index in [2.05, 4.69) is 46.8 Å². The largest absolute Gasteiger partial charge is 0.443 e. The van der Waals surface area contributed by atoms with Crippen LogP contribution in [-0.4, -0.2) is 48.7 Å². The zero-order valence-electron chi connectivity index (χ0n) is 16.2. The molecule has 3 heterocycles. The number of halogens is 2. The van der Waals surface area contributed by atoms with E-state index in [1.807, 2.05) is 13.0 Å². The fourth-order valence-electron chi connectivity index (χ4n) is 3.80. The third kappa shape index (κ3) is 3.62. The molecular formula is C19H21BrFN7O2. The van der Waals surface area contributed by atoms with E-state index in [-0.39, 0.29) is 5.54 Å². The summed E-state index contributed by atoms with van der Waals surface area (Å²) in [5, 5.41) is 17.3. The Hall–Kier alpha value is -2.69.